The Morgan fingerprint density at radius 3 is 2.18 bits per heavy atom. The zero-order valence-electron chi connectivity index (χ0n) is 5.99. The third-order valence-electron chi connectivity index (χ3n) is 1.52. The van der Waals surface area contributed by atoms with Gasteiger partial charge >= 0.3 is 0 Å². The number of anilines is 2. The van der Waals surface area contributed by atoms with Gasteiger partial charge in [0.05, 0.1) is 15.7 Å². The Hall–Kier alpha value is -0.600. The largest absolute Gasteiger partial charge is 0.398 e. The summed E-state index contributed by atoms with van der Waals surface area (Å²) < 4.78 is 0. The molecule has 1 aromatic carbocycles. The van der Waals surface area contributed by atoms with Crippen molar-refractivity contribution >= 4 is 34.6 Å². The molecule has 60 valence electrons. The predicted molar refractivity (Wildman–Crippen MR) is 50.0 cm³/mol. The lowest BCUT2D eigenvalue weighted by molar-refractivity contribution is 1.47. The van der Waals surface area contributed by atoms with E-state index in [1.165, 1.54) is 0 Å². The first-order valence-corrected chi connectivity index (χ1v) is 3.79. The van der Waals surface area contributed by atoms with E-state index in [1.807, 2.05) is 0 Å². The van der Waals surface area contributed by atoms with Crippen LogP contribution >= 0.6 is 23.2 Å². The van der Waals surface area contributed by atoms with Crippen LogP contribution in [0.5, 0.6) is 0 Å². The molecule has 1 aromatic rings. The monoisotopic (exact) mass is 190 g/mol. The highest BCUT2D eigenvalue weighted by molar-refractivity contribution is 6.44. The quantitative estimate of drug-likeness (QED) is 0.618. The standard InChI is InChI=1S/C7H8Cl2N2/c1-3-4(10)2-5(11)7(9)6(3)8/h2H,10-11H2,1H3. The van der Waals surface area contributed by atoms with Crippen molar-refractivity contribution in [3.63, 3.8) is 0 Å². The normalized spacial score (nSPS) is 10.1. The molecule has 0 aromatic heterocycles. The summed E-state index contributed by atoms with van der Waals surface area (Å²) in [5, 5.41) is 0.808. The van der Waals surface area contributed by atoms with Crippen molar-refractivity contribution in [2.75, 3.05) is 11.5 Å². The molecular weight excluding hydrogens is 183 g/mol. The summed E-state index contributed by atoms with van der Waals surface area (Å²) in [5.41, 5.74) is 12.8. The molecule has 1 rings (SSSR count). The second kappa shape index (κ2) is 2.80. The molecule has 0 aliphatic heterocycles. The van der Waals surface area contributed by atoms with Crippen molar-refractivity contribution in [1.82, 2.24) is 0 Å². The molecule has 0 heterocycles. The summed E-state index contributed by atoms with van der Waals surface area (Å²) in [7, 11) is 0. The number of nitrogens with two attached hydrogens (primary N) is 2. The highest BCUT2D eigenvalue weighted by Crippen LogP contribution is 2.34. The summed E-state index contributed by atoms with van der Waals surface area (Å²) in [6.45, 7) is 1.79. The predicted octanol–water partition coefficient (Wildman–Crippen LogP) is 2.47. The SMILES string of the molecule is Cc1c(N)cc(N)c(Cl)c1Cl. The van der Waals surface area contributed by atoms with Crippen LogP contribution in [-0.4, -0.2) is 0 Å². The van der Waals surface area contributed by atoms with Crippen molar-refractivity contribution in [2.24, 2.45) is 0 Å². The molecule has 4 N–H and O–H groups in total. The maximum Gasteiger partial charge on any atom is 0.0825 e. The fourth-order valence-corrected chi connectivity index (χ4v) is 1.17. The Labute approximate surface area is 75.1 Å². The van der Waals surface area contributed by atoms with Crippen LogP contribution in [0.4, 0.5) is 11.4 Å². The molecule has 0 amide bonds. The lowest BCUT2D eigenvalue weighted by Gasteiger charge is -2.06. The van der Waals surface area contributed by atoms with Gasteiger partial charge in [0.1, 0.15) is 0 Å². The van der Waals surface area contributed by atoms with Gasteiger partial charge in [-0.25, -0.2) is 0 Å². The van der Waals surface area contributed by atoms with E-state index in [2.05, 4.69) is 0 Å². The van der Waals surface area contributed by atoms with Crippen LogP contribution in [0, 0.1) is 6.92 Å². The average molecular weight is 191 g/mol. The number of hydrogen-bond acceptors (Lipinski definition) is 2. The van der Waals surface area contributed by atoms with Crippen LogP contribution in [0.3, 0.4) is 0 Å². The van der Waals surface area contributed by atoms with E-state index in [9.17, 15) is 0 Å². The smallest absolute Gasteiger partial charge is 0.0825 e. The second-order valence-corrected chi connectivity index (χ2v) is 3.06. The Morgan fingerprint density at radius 2 is 1.64 bits per heavy atom. The molecule has 0 atom stereocenters. The maximum absolute atomic E-state index is 5.80. The molecule has 0 saturated heterocycles. The van der Waals surface area contributed by atoms with Crippen LogP contribution in [0.25, 0.3) is 0 Å². The Bertz CT molecular complexity index is 271. The van der Waals surface area contributed by atoms with Crippen molar-refractivity contribution in [3.8, 4) is 0 Å². The van der Waals surface area contributed by atoms with E-state index in [-0.39, 0.29) is 0 Å². The van der Waals surface area contributed by atoms with Gasteiger partial charge in [-0.3, -0.25) is 0 Å². The van der Waals surface area contributed by atoms with E-state index >= 15 is 0 Å². The van der Waals surface area contributed by atoms with E-state index in [4.69, 9.17) is 34.7 Å². The molecular formula is C7H8Cl2N2. The topological polar surface area (TPSA) is 52.0 Å². The number of rotatable bonds is 0. The van der Waals surface area contributed by atoms with Gasteiger partial charge in [-0.05, 0) is 18.6 Å². The lowest BCUT2D eigenvalue weighted by atomic mass is 10.2. The van der Waals surface area contributed by atoms with Gasteiger partial charge in [0, 0.05) is 5.69 Å². The van der Waals surface area contributed by atoms with Crippen molar-refractivity contribution < 1.29 is 0 Å². The maximum atomic E-state index is 5.80. The third kappa shape index (κ3) is 1.37. The summed E-state index contributed by atoms with van der Waals surface area (Å²) >= 11 is 11.5. The minimum Gasteiger partial charge on any atom is -0.398 e. The third-order valence-corrected chi connectivity index (χ3v) is 2.50. The van der Waals surface area contributed by atoms with E-state index < -0.39 is 0 Å². The Morgan fingerprint density at radius 1 is 1.09 bits per heavy atom. The van der Waals surface area contributed by atoms with Gasteiger partial charge in [-0.2, -0.15) is 0 Å². The molecule has 4 heteroatoms. The number of nitrogen functional groups attached to an aromatic ring is 2. The van der Waals surface area contributed by atoms with Crippen LogP contribution in [0.2, 0.25) is 10.0 Å². The van der Waals surface area contributed by atoms with E-state index in [0.29, 0.717) is 21.4 Å². The average Bonchev–Trinajstić information content (AvgIpc) is 1.97. The number of hydrogen-bond donors (Lipinski definition) is 2. The number of benzene rings is 1. The van der Waals surface area contributed by atoms with Crippen LogP contribution in [0.15, 0.2) is 6.07 Å². The Kier molecular flexibility index (Phi) is 2.16. The van der Waals surface area contributed by atoms with Gasteiger partial charge in [0.25, 0.3) is 0 Å². The molecule has 11 heavy (non-hydrogen) atoms. The molecule has 2 nitrogen and oxygen atoms in total. The zero-order chi connectivity index (χ0) is 8.59. The molecule has 0 aliphatic rings. The zero-order valence-corrected chi connectivity index (χ0v) is 7.50. The van der Waals surface area contributed by atoms with Crippen LogP contribution < -0.4 is 11.5 Å². The minimum absolute atomic E-state index is 0.373. The fraction of sp³-hybridized carbons (Fsp3) is 0.143. The summed E-state index contributed by atoms with van der Waals surface area (Å²) in [6.07, 6.45) is 0. The molecule has 0 spiro atoms. The van der Waals surface area contributed by atoms with E-state index in [1.54, 1.807) is 13.0 Å². The first-order chi connectivity index (χ1) is 5.04. The van der Waals surface area contributed by atoms with Gasteiger partial charge in [-0.1, -0.05) is 23.2 Å². The lowest BCUT2D eigenvalue weighted by Crippen LogP contribution is -1.95. The molecule has 0 saturated carbocycles. The fourth-order valence-electron chi connectivity index (χ4n) is 0.757. The van der Waals surface area contributed by atoms with Gasteiger partial charge in [-0.15, -0.1) is 0 Å². The van der Waals surface area contributed by atoms with Crippen molar-refractivity contribution in [2.45, 2.75) is 6.92 Å². The van der Waals surface area contributed by atoms with Crippen LogP contribution in [0.1, 0.15) is 5.56 Å². The second-order valence-electron chi connectivity index (χ2n) is 2.31. The van der Waals surface area contributed by atoms with Crippen molar-refractivity contribution in [3.05, 3.63) is 21.7 Å². The summed E-state index contributed by atoms with van der Waals surface area (Å²) in [4.78, 5) is 0. The summed E-state index contributed by atoms with van der Waals surface area (Å²) in [6, 6.07) is 1.60. The number of halogens is 2. The first-order valence-electron chi connectivity index (χ1n) is 3.03. The van der Waals surface area contributed by atoms with Gasteiger partial charge < -0.3 is 11.5 Å². The summed E-state index contributed by atoms with van der Waals surface area (Å²) in [5.74, 6) is 0. The molecule has 0 aliphatic carbocycles. The molecule has 0 fully saturated rings. The van der Waals surface area contributed by atoms with E-state index in [0.717, 1.165) is 5.56 Å². The highest BCUT2D eigenvalue weighted by atomic mass is 35.5. The Balaban J connectivity index is 3.46. The van der Waals surface area contributed by atoms with Gasteiger partial charge in [0.15, 0.2) is 0 Å². The molecule has 0 bridgehead atoms. The van der Waals surface area contributed by atoms with Crippen molar-refractivity contribution in [1.29, 1.82) is 0 Å². The molecule has 0 unspecified atom stereocenters. The molecule has 0 radical (unpaired) electrons. The van der Waals surface area contributed by atoms with Gasteiger partial charge in [0.2, 0.25) is 0 Å². The minimum atomic E-state index is 0.373. The highest BCUT2D eigenvalue weighted by Gasteiger charge is 2.07. The first kappa shape index (κ1) is 8.50. The van der Waals surface area contributed by atoms with Crippen LogP contribution in [-0.2, 0) is 0 Å².